The number of hydrogen-bond donors (Lipinski definition) is 3. The molecule has 17 heteroatoms. The third-order valence-corrected chi connectivity index (χ3v) is 18.4. The third-order valence-electron chi connectivity index (χ3n) is 18.4. The van der Waals surface area contributed by atoms with Gasteiger partial charge in [-0.2, -0.15) is 9.97 Å². The number of piperidine rings is 2. The van der Waals surface area contributed by atoms with Crippen LogP contribution in [0.3, 0.4) is 0 Å². The number of piperazine rings is 1. The molecule has 8 fully saturated rings. The van der Waals surface area contributed by atoms with Crippen LogP contribution in [0.1, 0.15) is 105 Å². The molecule has 5 aromatic rings. The number of aromatic hydroxyl groups is 1. The molecule has 0 unspecified atom stereocenters. The highest BCUT2D eigenvalue weighted by atomic mass is 19.1. The number of nitrogens with one attached hydrogen (secondary N) is 1. The number of imide groups is 1. The van der Waals surface area contributed by atoms with E-state index < -0.39 is 23.3 Å². The van der Waals surface area contributed by atoms with Crippen LogP contribution in [-0.2, 0) is 4.79 Å². The van der Waals surface area contributed by atoms with Gasteiger partial charge in [-0.05, 0) is 143 Å². The van der Waals surface area contributed by atoms with E-state index in [0.29, 0.717) is 71.7 Å². The van der Waals surface area contributed by atoms with Gasteiger partial charge in [-0.1, -0.05) is 18.1 Å². The molecule has 2 aromatic heterocycles. The van der Waals surface area contributed by atoms with Gasteiger partial charge in [0.1, 0.15) is 28.6 Å². The first-order chi connectivity index (χ1) is 36.5. The van der Waals surface area contributed by atoms with Crippen molar-refractivity contribution < 1.29 is 38.1 Å². The minimum absolute atomic E-state index is 0.00383. The first-order valence-corrected chi connectivity index (χ1v) is 27.3. The standard InChI is InChI=1S/C59H67F2N9O6/c1-4-42-45(60)9-8-39-26-41(71)28-43(48(39)42)50-49(61)51-44(29-62-50)52(69-18-5-13-56(3,75)34-69)65-54(64-51)76-36-59-31-58(32-59,33-59)35-67-24-22-66(23-25-67)30-38-10-14-57(15-11-38)16-20-68(21-17-57)53(73)40-7-6-37(2)46(27-40)70-19-12-47(72)63-55(70)74/h1,6-9,26-29,38,71,75H,5,10-25,30-36H2,2-3H3,(H,63,72,74)/t56-,58?,59?/m1/s1. The van der Waals surface area contributed by atoms with Crippen LogP contribution in [0.15, 0.2) is 48.7 Å². The molecule has 2 bridgehead atoms. The Morgan fingerprint density at radius 2 is 1.66 bits per heavy atom. The highest BCUT2D eigenvalue weighted by Gasteiger charge is 2.68. The van der Waals surface area contributed by atoms with E-state index in [-0.39, 0.29) is 75.1 Å². The van der Waals surface area contributed by atoms with Crippen molar-refractivity contribution in [3.63, 3.8) is 0 Å². The number of aromatic nitrogens is 3. The lowest BCUT2D eigenvalue weighted by atomic mass is 9.35. The number of pyridine rings is 1. The van der Waals surface area contributed by atoms with E-state index in [9.17, 15) is 24.6 Å². The summed E-state index contributed by atoms with van der Waals surface area (Å²) >= 11 is 0. The van der Waals surface area contributed by atoms with Crippen molar-refractivity contribution in [3.05, 3.63) is 77.0 Å². The van der Waals surface area contributed by atoms with Gasteiger partial charge in [-0.15, -0.1) is 6.42 Å². The Kier molecular flexibility index (Phi) is 12.7. The number of aryl methyl sites for hydroxylation is 1. The van der Waals surface area contributed by atoms with E-state index in [4.69, 9.17) is 16.1 Å². The lowest BCUT2D eigenvalue weighted by Crippen LogP contribution is -2.68. The molecular formula is C59H67F2N9O6. The van der Waals surface area contributed by atoms with Crippen molar-refractivity contribution in [3.8, 4) is 35.4 Å². The Balaban J connectivity index is 0.630. The highest BCUT2D eigenvalue weighted by molar-refractivity contribution is 6.07. The monoisotopic (exact) mass is 1040 g/mol. The lowest BCUT2D eigenvalue weighted by Gasteiger charge is -2.71. The normalized spacial score (nSPS) is 26.1. The topological polar surface area (TPSA) is 168 Å². The number of phenols is 1. The summed E-state index contributed by atoms with van der Waals surface area (Å²) in [5, 5.41) is 25.2. The van der Waals surface area contributed by atoms with Gasteiger partial charge in [0.2, 0.25) is 5.91 Å². The van der Waals surface area contributed by atoms with Crippen molar-refractivity contribution in [2.45, 2.75) is 96.5 Å². The maximum Gasteiger partial charge on any atom is 0.328 e. The van der Waals surface area contributed by atoms with Crippen LogP contribution in [0, 0.1) is 53.1 Å². The molecule has 4 amide bonds. The zero-order chi connectivity index (χ0) is 52.7. The number of halogens is 2. The quantitative estimate of drug-likeness (QED) is 0.109. The van der Waals surface area contributed by atoms with Gasteiger partial charge in [0.05, 0.1) is 23.2 Å². The Labute approximate surface area is 442 Å². The number of phenolic OH excluding ortho intramolecular Hbond substituents is 1. The number of urea groups is 1. The molecule has 8 aliphatic rings. The van der Waals surface area contributed by atoms with Crippen molar-refractivity contribution >= 4 is 51.0 Å². The number of anilines is 2. The minimum atomic E-state index is -0.976. The first-order valence-electron chi connectivity index (χ1n) is 27.3. The number of carbonyl (C=O) groups excluding carboxylic acids is 3. The van der Waals surface area contributed by atoms with Gasteiger partial charge in [0.15, 0.2) is 5.82 Å². The van der Waals surface area contributed by atoms with Crippen LogP contribution in [0.5, 0.6) is 11.8 Å². The van der Waals surface area contributed by atoms with Gasteiger partial charge < -0.3 is 34.5 Å². The molecule has 6 heterocycles. The number of rotatable bonds is 11. The predicted molar refractivity (Wildman–Crippen MR) is 285 cm³/mol. The molecule has 3 aromatic carbocycles. The van der Waals surface area contributed by atoms with E-state index in [1.54, 1.807) is 17.9 Å². The molecule has 76 heavy (non-hydrogen) atoms. The average Bonchev–Trinajstić information content (AvgIpc) is 3.58. The van der Waals surface area contributed by atoms with E-state index in [2.05, 4.69) is 31.0 Å². The van der Waals surface area contributed by atoms with Gasteiger partial charge in [0, 0.05) is 112 Å². The number of carbonyl (C=O) groups is 3. The summed E-state index contributed by atoms with van der Waals surface area (Å²) in [5.41, 5.74) is 1.67. The summed E-state index contributed by atoms with van der Waals surface area (Å²) in [7, 11) is 0. The second kappa shape index (κ2) is 19.2. The van der Waals surface area contributed by atoms with Crippen LogP contribution in [0.25, 0.3) is 32.9 Å². The van der Waals surface area contributed by atoms with E-state index >= 15 is 8.78 Å². The number of β-amino-alcohol motifs (C(OH)–C–C–N with tert-alkyl or cyclic N) is 1. The molecule has 4 aliphatic carbocycles. The molecule has 0 radical (unpaired) electrons. The number of aliphatic hydroxyl groups is 1. The zero-order valence-electron chi connectivity index (χ0n) is 43.6. The molecule has 4 saturated carbocycles. The Morgan fingerprint density at radius 3 is 2.38 bits per heavy atom. The van der Waals surface area contributed by atoms with E-state index in [1.165, 1.54) is 56.1 Å². The first kappa shape index (κ1) is 50.3. The van der Waals surface area contributed by atoms with E-state index in [0.717, 1.165) is 90.0 Å². The molecule has 15 nitrogen and oxygen atoms in total. The second-order valence-corrected chi connectivity index (χ2v) is 24.1. The Morgan fingerprint density at radius 1 is 0.908 bits per heavy atom. The molecule has 4 saturated heterocycles. The minimum Gasteiger partial charge on any atom is -0.508 e. The van der Waals surface area contributed by atoms with Crippen molar-refractivity contribution in [1.82, 2.24) is 35.0 Å². The SMILES string of the molecule is C#Cc1c(F)ccc2cc(O)cc(-c3ncc4c(N5CCC[C@@](C)(O)C5)nc(OCC56CC(CN7CCN(CC8CCC9(CC8)CCN(C(=O)c8ccc(C)c(N%10CCC(=O)NC%10=O)c8)CC9)CC7)(C5)C6)nc4c3F)c12. The number of nitrogens with zero attached hydrogens (tertiary/aromatic N) is 8. The summed E-state index contributed by atoms with van der Waals surface area (Å²) in [4.78, 5) is 62.9. The molecule has 13 rings (SSSR count). The summed E-state index contributed by atoms with van der Waals surface area (Å²) in [5.74, 6) is 1.66. The molecule has 1 atom stereocenters. The fourth-order valence-electron chi connectivity index (χ4n) is 14.6. The zero-order valence-corrected chi connectivity index (χ0v) is 43.6. The van der Waals surface area contributed by atoms with E-state index in [1.807, 2.05) is 28.9 Å². The molecular weight excluding hydrogens is 969 g/mol. The lowest BCUT2D eigenvalue weighted by molar-refractivity contribution is -0.229. The van der Waals surface area contributed by atoms with Gasteiger partial charge >= 0.3 is 12.0 Å². The van der Waals surface area contributed by atoms with Crippen molar-refractivity contribution in [1.29, 1.82) is 0 Å². The molecule has 1 spiro atoms. The number of fused-ring (bicyclic) bond motifs is 2. The fourth-order valence-corrected chi connectivity index (χ4v) is 14.6. The maximum atomic E-state index is 17.1. The van der Waals surface area contributed by atoms with Crippen molar-refractivity contribution in [2.24, 2.45) is 22.2 Å². The van der Waals surface area contributed by atoms with Crippen LogP contribution in [0.4, 0.5) is 25.1 Å². The second-order valence-electron chi connectivity index (χ2n) is 24.1. The number of benzene rings is 3. The number of amides is 4. The smallest absolute Gasteiger partial charge is 0.328 e. The summed E-state index contributed by atoms with van der Waals surface area (Å²) in [6.45, 7) is 13.3. The summed E-state index contributed by atoms with van der Waals surface area (Å²) in [6.07, 6.45) is 18.9. The van der Waals surface area contributed by atoms with Gasteiger partial charge in [0.25, 0.3) is 5.91 Å². The Hall–Kier alpha value is -6.48. The van der Waals surface area contributed by atoms with Crippen LogP contribution in [0.2, 0.25) is 0 Å². The number of hydrogen-bond acceptors (Lipinski definition) is 12. The van der Waals surface area contributed by atoms with Crippen LogP contribution in [-0.4, -0.2) is 142 Å². The fraction of sp³-hybridized carbons (Fsp3) is 0.525. The molecule has 4 aliphatic heterocycles. The molecule has 3 N–H and O–H groups in total. The van der Waals surface area contributed by atoms with Crippen molar-refractivity contribution in [2.75, 3.05) is 88.4 Å². The van der Waals surface area contributed by atoms with Gasteiger partial charge in [-0.3, -0.25) is 24.8 Å². The number of likely N-dealkylation sites (tertiary alicyclic amines) is 1. The Bertz CT molecular complexity index is 3190. The predicted octanol–water partition coefficient (Wildman–Crippen LogP) is 8.20. The number of terminal acetylenes is 1. The number of ether oxygens (including phenoxy) is 1. The maximum absolute atomic E-state index is 17.1. The average molecular weight is 1040 g/mol. The van der Waals surface area contributed by atoms with Gasteiger partial charge in [-0.25, -0.2) is 13.6 Å². The van der Waals surface area contributed by atoms with Crippen LogP contribution < -0.4 is 19.9 Å². The summed E-state index contributed by atoms with van der Waals surface area (Å²) in [6, 6.07) is 10.6. The summed E-state index contributed by atoms with van der Waals surface area (Å²) < 4.78 is 38.5. The molecule has 398 valence electrons. The highest BCUT2D eigenvalue weighted by Crippen LogP contribution is 2.73. The third kappa shape index (κ3) is 9.37. The largest absolute Gasteiger partial charge is 0.508 e. The van der Waals surface area contributed by atoms with Crippen LogP contribution >= 0.6 is 0 Å².